The molecule has 0 radical (unpaired) electrons. The van der Waals surface area contributed by atoms with Crippen molar-refractivity contribution in [3.63, 3.8) is 0 Å². The normalized spacial score (nSPS) is 20.8. The largest absolute Gasteiger partial charge is 0.351 e. The smallest absolute Gasteiger partial charge is 0.280 e. The number of aromatic nitrogens is 2. The third kappa shape index (κ3) is 3.82. The van der Waals surface area contributed by atoms with Crippen molar-refractivity contribution in [3.8, 4) is 0 Å². The van der Waals surface area contributed by atoms with Crippen LogP contribution < -0.4 is 16.0 Å². The van der Waals surface area contributed by atoms with Crippen LogP contribution in [0.4, 0.5) is 0 Å². The summed E-state index contributed by atoms with van der Waals surface area (Å²) >= 11 is 7.49. The molecule has 1 saturated carbocycles. The van der Waals surface area contributed by atoms with E-state index in [9.17, 15) is 9.59 Å². The van der Waals surface area contributed by atoms with E-state index in [-0.39, 0.29) is 23.9 Å². The number of H-pyrrole nitrogens is 1. The molecule has 0 bridgehead atoms. The van der Waals surface area contributed by atoms with Gasteiger partial charge in [0.1, 0.15) is 5.69 Å². The Balaban J connectivity index is 1.25. The molecule has 156 valence electrons. The Kier molecular flexibility index (Phi) is 5.22. The number of amides is 2. The molecule has 2 aromatic heterocycles. The molecular formula is C21H22ClN5O2S. The number of carbonyl (C=O) groups excluding carboxylic acids is 2. The Morgan fingerprint density at radius 2 is 1.93 bits per heavy atom. The lowest BCUT2D eigenvalue weighted by atomic mass is 10.1. The maximum absolute atomic E-state index is 12.8. The molecule has 1 unspecified atom stereocenters. The standard InChI is InChI=1S/C21H22ClN5O2S/c22-12-4-5-13-11(8-12)9-17(24-13)19(28)25-14-2-1-3-15(14)26-20(29)21-27-16-6-7-23-10-18(16)30-21/h4-5,8-9,14-15,23-24H,1-3,6-7,10H2,(H,25,28)(H,26,29)/t14-,15?/m1/s1. The quantitative estimate of drug-likeness (QED) is 0.498. The minimum atomic E-state index is -0.177. The molecule has 1 aromatic carbocycles. The van der Waals surface area contributed by atoms with Crippen LogP contribution in [-0.4, -0.2) is 40.4 Å². The zero-order chi connectivity index (χ0) is 20.7. The fourth-order valence-corrected chi connectivity index (χ4v) is 5.39. The lowest BCUT2D eigenvalue weighted by Crippen LogP contribution is -2.48. The molecule has 1 fully saturated rings. The number of benzene rings is 1. The SMILES string of the molecule is O=C(N[C@@H]1CCCC1NC(=O)c1nc2c(s1)CNCC2)c1cc2cc(Cl)ccc2[nH]1. The van der Waals surface area contributed by atoms with E-state index in [4.69, 9.17) is 11.6 Å². The molecule has 1 aliphatic heterocycles. The third-order valence-electron chi connectivity index (χ3n) is 5.77. The molecule has 5 rings (SSSR count). The molecule has 9 heteroatoms. The zero-order valence-corrected chi connectivity index (χ0v) is 17.8. The number of nitrogens with zero attached hydrogens (tertiary/aromatic N) is 1. The number of hydrogen-bond acceptors (Lipinski definition) is 5. The summed E-state index contributed by atoms with van der Waals surface area (Å²) in [7, 11) is 0. The van der Waals surface area contributed by atoms with E-state index in [2.05, 4.69) is 25.9 Å². The van der Waals surface area contributed by atoms with E-state index in [0.717, 1.165) is 60.2 Å². The number of thiazole rings is 1. The summed E-state index contributed by atoms with van der Waals surface area (Å²) in [6, 6.07) is 7.07. The van der Waals surface area contributed by atoms with E-state index in [1.807, 2.05) is 12.1 Å². The van der Waals surface area contributed by atoms with Crippen LogP contribution in [0.25, 0.3) is 10.9 Å². The Bertz CT molecular complexity index is 1100. The predicted molar refractivity (Wildman–Crippen MR) is 117 cm³/mol. The summed E-state index contributed by atoms with van der Waals surface area (Å²) < 4.78 is 0. The van der Waals surface area contributed by atoms with Gasteiger partial charge in [0.25, 0.3) is 11.8 Å². The van der Waals surface area contributed by atoms with Gasteiger partial charge in [0.05, 0.1) is 5.69 Å². The van der Waals surface area contributed by atoms with Crippen LogP contribution in [0.1, 0.15) is 50.1 Å². The molecule has 30 heavy (non-hydrogen) atoms. The van der Waals surface area contributed by atoms with Crippen LogP contribution in [0, 0.1) is 0 Å². The first-order valence-electron chi connectivity index (χ1n) is 10.2. The molecule has 2 atom stereocenters. The highest BCUT2D eigenvalue weighted by molar-refractivity contribution is 7.13. The molecule has 0 spiro atoms. The van der Waals surface area contributed by atoms with E-state index >= 15 is 0 Å². The van der Waals surface area contributed by atoms with Crippen LogP contribution in [0.3, 0.4) is 0 Å². The summed E-state index contributed by atoms with van der Waals surface area (Å²) in [5.74, 6) is -0.329. The number of hydrogen-bond donors (Lipinski definition) is 4. The number of fused-ring (bicyclic) bond motifs is 2. The number of nitrogens with one attached hydrogen (secondary N) is 4. The van der Waals surface area contributed by atoms with Crippen LogP contribution in [0.5, 0.6) is 0 Å². The molecule has 3 aromatic rings. The monoisotopic (exact) mass is 443 g/mol. The zero-order valence-electron chi connectivity index (χ0n) is 16.3. The van der Waals surface area contributed by atoms with Crippen molar-refractivity contribution in [2.24, 2.45) is 0 Å². The highest BCUT2D eigenvalue weighted by Gasteiger charge is 2.31. The molecule has 0 saturated heterocycles. The van der Waals surface area contributed by atoms with Gasteiger partial charge in [0.2, 0.25) is 0 Å². The Morgan fingerprint density at radius 3 is 2.73 bits per heavy atom. The van der Waals surface area contributed by atoms with Gasteiger partial charge in [-0.05, 0) is 43.5 Å². The van der Waals surface area contributed by atoms with Crippen LogP contribution in [0.15, 0.2) is 24.3 Å². The summed E-state index contributed by atoms with van der Waals surface area (Å²) in [4.78, 5) is 34.3. The van der Waals surface area contributed by atoms with Gasteiger partial charge in [-0.2, -0.15) is 0 Å². The molecule has 2 amide bonds. The fourth-order valence-electron chi connectivity index (χ4n) is 4.23. The average Bonchev–Trinajstić information content (AvgIpc) is 3.45. The highest BCUT2D eigenvalue weighted by Crippen LogP contribution is 2.25. The highest BCUT2D eigenvalue weighted by atomic mass is 35.5. The van der Waals surface area contributed by atoms with E-state index < -0.39 is 0 Å². The van der Waals surface area contributed by atoms with Crippen molar-refractivity contribution in [1.82, 2.24) is 25.9 Å². The first kappa shape index (κ1) is 19.5. The van der Waals surface area contributed by atoms with Crippen molar-refractivity contribution in [1.29, 1.82) is 0 Å². The molecule has 1 aliphatic carbocycles. The predicted octanol–water partition coefficient (Wildman–Crippen LogP) is 3.00. The van der Waals surface area contributed by atoms with Crippen molar-refractivity contribution in [3.05, 3.63) is 50.6 Å². The Morgan fingerprint density at radius 1 is 1.13 bits per heavy atom. The summed E-state index contributed by atoms with van der Waals surface area (Å²) in [6.45, 7) is 1.67. The third-order valence-corrected chi connectivity index (χ3v) is 7.10. The van der Waals surface area contributed by atoms with E-state index in [0.29, 0.717) is 15.7 Å². The molecule has 2 aliphatic rings. The van der Waals surface area contributed by atoms with E-state index in [1.165, 1.54) is 11.3 Å². The van der Waals surface area contributed by atoms with Gasteiger partial charge in [-0.3, -0.25) is 9.59 Å². The maximum Gasteiger partial charge on any atom is 0.280 e. The second-order valence-corrected chi connectivity index (χ2v) is 9.34. The van der Waals surface area contributed by atoms with Crippen LogP contribution in [0.2, 0.25) is 5.02 Å². The van der Waals surface area contributed by atoms with Crippen LogP contribution in [-0.2, 0) is 13.0 Å². The number of halogens is 1. The summed E-state index contributed by atoms with van der Waals surface area (Å²) in [5, 5.41) is 11.5. The number of aromatic amines is 1. The Hall–Kier alpha value is -2.42. The van der Waals surface area contributed by atoms with Gasteiger partial charge in [0, 0.05) is 52.4 Å². The van der Waals surface area contributed by atoms with Crippen molar-refractivity contribution < 1.29 is 9.59 Å². The minimum absolute atomic E-state index is 0.0978. The van der Waals surface area contributed by atoms with Gasteiger partial charge in [-0.25, -0.2) is 4.98 Å². The van der Waals surface area contributed by atoms with Crippen molar-refractivity contribution in [2.45, 2.75) is 44.3 Å². The minimum Gasteiger partial charge on any atom is -0.351 e. The van der Waals surface area contributed by atoms with Gasteiger partial charge < -0.3 is 20.9 Å². The lowest BCUT2D eigenvalue weighted by molar-refractivity contribution is 0.0889. The number of carbonyl (C=O) groups is 2. The Labute approximate surface area is 182 Å². The van der Waals surface area contributed by atoms with E-state index in [1.54, 1.807) is 12.1 Å². The topological polar surface area (TPSA) is 98.9 Å². The maximum atomic E-state index is 12.8. The van der Waals surface area contributed by atoms with Crippen molar-refractivity contribution >= 4 is 45.7 Å². The summed E-state index contributed by atoms with van der Waals surface area (Å²) in [6.07, 6.45) is 3.49. The first-order valence-corrected chi connectivity index (χ1v) is 11.4. The number of rotatable bonds is 4. The van der Waals surface area contributed by atoms with Crippen molar-refractivity contribution in [2.75, 3.05) is 6.54 Å². The average molecular weight is 444 g/mol. The molecule has 7 nitrogen and oxygen atoms in total. The molecule has 4 N–H and O–H groups in total. The molecular weight excluding hydrogens is 422 g/mol. The lowest BCUT2D eigenvalue weighted by Gasteiger charge is -2.21. The van der Waals surface area contributed by atoms with Gasteiger partial charge in [0.15, 0.2) is 5.01 Å². The molecule has 3 heterocycles. The second-order valence-electron chi connectivity index (χ2n) is 7.82. The van der Waals surface area contributed by atoms with Gasteiger partial charge in [-0.15, -0.1) is 11.3 Å². The van der Waals surface area contributed by atoms with Crippen LogP contribution >= 0.6 is 22.9 Å². The second kappa shape index (κ2) is 8.02. The van der Waals surface area contributed by atoms with Gasteiger partial charge >= 0.3 is 0 Å². The van der Waals surface area contributed by atoms with Gasteiger partial charge in [-0.1, -0.05) is 11.6 Å². The fraction of sp³-hybridized carbons (Fsp3) is 0.381. The summed E-state index contributed by atoms with van der Waals surface area (Å²) in [5.41, 5.74) is 2.38. The first-order chi connectivity index (χ1) is 14.6.